The number of hydroxylamine groups is 2. The van der Waals surface area contributed by atoms with E-state index < -0.39 is 17.8 Å². The van der Waals surface area contributed by atoms with Crippen LogP contribution in [0.3, 0.4) is 0 Å². The van der Waals surface area contributed by atoms with Crippen molar-refractivity contribution in [1.29, 1.82) is 0 Å². The number of anilines is 1. The molecule has 5 nitrogen and oxygen atoms in total. The summed E-state index contributed by atoms with van der Waals surface area (Å²) in [5, 5.41) is 3.67. The van der Waals surface area contributed by atoms with Gasteiger partial charge in [0.25, 0.3) is 0 Å². The van der Waals surface area contributed by atoms with E-state index in [4.69, 9.17) is 16.3 Å². The molecule has 2 aromatic rings. The van der Waals surface area contributed by atoms with E-state index in [1.807, 2.05) is 0 Å². The maximum atomic E-state index is 13.3. The summed E-state index contributed by atoms with van der Waals surface area (Å²) in [4.78, 5) is 16.4. The van der Waals surface area contributed by atoms with Crippen molar-refractivity contribution in [2.45, 2.75) is 12.8 Å². The molecule has 2 amide bonds. The van der Waals surface area contributed by atoms with Gasteiger partial charge in [-0.1, -0.05) is 23.7 Å². The van der Waals surface area contributed by atoms with Crippen LogP contribution in [0.2, 0.25) is 5.02 Å². The highest BCUT2D eigenvalue weighted by atomic mass is 35.5. The lowest BCUT2D eigenvalue weighted by atomic mass is 10.1. The number of hydrogen-bond acceptors (Lipinski definition) is 3. The van der Waals surface area contributed by atoms with Gasteiger partial charge in [-0.05, 0) is 35.9 Å². The van der Waals surface area contributed by atoms with E-state index >= 15 is 0 Å². The molecule has 1 N–H and O–H groups in total. The van der Waals surface area contributed by atoms with Crippen molar-refractivity contribution in [3.63, 3.8) is 0 Å². The summed E-state index contributed by atoms with van der Waals surface area (Å²) in [6, 6.07) is 9.12. The van der Waals surface area contributed by atoms with E-state index in [9.17, 15) is 18.0 Å². The molecule has 0 atom stereocenters. The first kappa shape index (κ1) is 19.9. The number of halogens is 4. The lowest BCUT2D eigenvalue weighted by molar-refractivity contribution is -0.139. The number of ether oxygens (including phenoxy) is 1. The molecule has 0 radical (unpaired) electrons. The Kier molecular flexibility index (Phi) is 6.33. The van der Waals surface area contributed by atoms with Crippen LogP contribution < -0.4 is 10.1 Å². The molecular weight excluding hydrogens is 373 g/mol. The van der Waals surface area contributed by atoms with Crippen molar-refractivity contribution in [2.75, 3.05) is 19.5 Å². The molecule has 0 unspecified atom stereocenters. The number of alkyl halides is 3. The van der Waals surface area contributed by atoms with Crippen LogP contribution in [0.1, 0.15) is 11.1 Å². The number of rotatable bonds is 5. The molecule has 0 bridgehead atoms. The summed E-state index contributed by atoms with van der Waals surface area (Å²) >= 11 is 5.77. The van der Waals surface area contributed by atoms with E-state index in [1.165, 1.54) is 20.2 Å². The van der Waals surface area contributed by atoms with Crippen molar-refractivity contribution in [2.24, 2.45) is 0 Å². The molecule has 0 saturated heterocycles. The number of urea groups is 1. The van der Waals surface area contributed by atoms with Crippen LogP contribution in [0.5, 0.6) is 5.75 Å². The standard InChI is InChI=1S/C17H16ClF3N2O3/c1-23(25-2)16(24)22-13-7-8-15(14(9-13)17(19,20)21)26-10-11-3-5-12(18)6-4-11/h3-9H,10H2,1-2H3,(H,22,24). The summed E-state index contributed by atoms with van der Waals surface area (Å²) in [7, 11) is 2.58. The third-order valence-corrected chi connectivity index (χ3v) is 3.66. The molecule has 26 heavy (non-hydrogen) atoms. The largest absolute Gasteiger partial charge is 0.488 e. The molecule has 0 fully saturated rings. The molecular formula is C17H16ClF3N2O3. The maximum Gasteiger partial charge on any atom is 0.420 e. The Hall–Kier alpha value is -2.45. The summed E-state index contributed by atoms with van der Waals surface area (Å²) in [6.45, 7) is -0.0572. The number of hydrogen-bond donors (Lipinski definition) is 1. The van der Waals surface area contributed by atoms with Crippen LogP contribution in [-0.2, 0) is 17.6 Å². The second-order valence-electron chi connectivity index (χ2n) is 5.23. The van der Waals surface area contributed by atoms with Gasteiger partial charge in [0.15, 0.2) is 0 Å². The van der Waals surface area contributed by atoms with Crippen molar-refractivity contribution in [1.82, 2.24) is 5.06 Å². The topological polar surface area (TPSA) is 50.8 Å². The molecule has 0 aliphatic rings. The number of benzene rings is 2. The normalized spacial score (nSPS) is 11.2. The minimum atomic E-state index is -4.65. The van der Waals surface area contributed by atoms with E-state index in [1.54, 1.807) is 24.3 Å². The fourth-order valence-electron chi connectivity index (χ4n) is 1.98. The molecule has 0 spiro atoms. The van der Waals surface area contributed by atoms with Gasteiger partial charge >= 0.3 is 12.2 Å². The lowest BCUT2D eigenvalue weighted by Crippen LogP contribution is -2.30. The average Bonchev–Trinajstić information content (AvgIpc) is 2.60. The Morgan fingerprint density at radius 3 is 2.42 bits per heavy atom. The molecule has 0 heterocycles. The minimum absolute atomic E-state index is 0.0370. The Bertz CT molecular complexity index is 767. The quantitative estimate of drug-likeness (QED) is 0.736. The predicted octanol–water partition coefficient (Wildman–Crippen LogP) is 4.96. The van der Waals surface area contributed by atoms with Gasteiger partial charge in [0.1, 0.15) is 12.4 Å². The average molecular weight is 389 g/mol. The zero-order valence-corrected chi connectivity index (χ0v) is 14.7. The monoisotopic (exact) mass is 388 g/mol. The highest BCUT2D eigenvalue weighted by Crippen LogP contribution is 2.38. The van der Waals surface area contributed by atoms with E-state index in [0.717, 1.165) is 17.2 Å². The van der Waals surface area contributed by atoms with Gasteiger partial charge in [-0.3, -0.25) is 4.84 Å². The van der Waals surface area contributed by atoms with Gasteiger partial charge in [0.2, 0.25) is 0 Å². The summed E-state index contributed by atoms with van der Waals surface area (Å²) in [5.41, 5.74) is -0.365. The first-order chi connectivity index (χ1) is 12.2. The van der Waals surface area contributed by atoms with Crippen molar-refractivity contribution in [3.8, 4) is 5.75 Å². The zero-order valence-electron chi connectivity index (χ0n) is 13.9. The Morgan fingerprint density at radius 2 is 1.85 bits per heavy atom. The van der Waals surface area contributed by atoms with Gasteiger partial charge in [0, 0.05) is 17.8 Å². The van der Waals surface area contributed by atoms with Gasteiger partial charge in [-0.2, -0.15) is 13.2 Å². The van der Waals surface area contributed by atoms with Crippen LogP contribution in [0.15, 0.2) is 42.5 Å². The molecule has 0 aliphatic heterocycles. The zero-order chi connectivity index (χ0) is 19.3. The number of carbonyl (C=O) groups excluding carboxylic acids is 1. The SMILES string of the molecule is CON(C)C(=O)Nc1ccc(OCc2ccc(Cl)cc2)c(C(F)(F)F)c1. The Morgan fingerprint density at radius 1 is 1.19 bits per heavy atom. The summed E-state index contributed by atoms with van der Waals surface area (Å²) in [5.74, 6) is -0.342. The van der Waals surface area contributed by atoms with Crippen LogP contribution >= 0.6 is 11.6 Å². The maximum absolute atomic E-state index is 13.3. The molecule has 9 heteroatoms. The van der Waals surface area contributed by atoms with E-state index in [-0.39, 0.29) is 18.0 Å². The van der Waals surface area contributed by atoms with Gasteiger partial charge in [-0.15, -0.1) is 0 Å². The molecule has 0 aliphatic carbocycles. The van der Waals surface area contributed by atoms with E-state index in [2.05, 4.69) is 10.2 Å². The van der Waals surface area contributed by atoms with Crippen molar-refractivity contribution >= 4 is 23.3 Å². The first-order valence-corrected chi connectivity index (χ1v) is 7.76. The second-order valence-corrected chi connectivity index (χ2v) is 5.67. The van der Waals surface area contributed by atoms with Gasteiger partial charge < -0.3 is 10.1 Å². The summed E-state index contributed by atoms with van der Waals surface area (Å²) in [6.07, 6.45) is -4.65. The number of carbonyl (C=O) groups is 1. The molecule has 0 aromatic heterocycles. The van der Waals surface area contributed by atoms with E-state index in [0.29, 0.717) is 10.6 Å². The lowest BCUT2D eigenvalue weighted by Gasteiger charge is -2.18. The third kappa shape index (κ3) is 5.27. The van der Waals surface area contributed by atoms with Gasteiger partial charge in [-0.25, -0.2) is 9.86 Å². The van der Waals surface area contributed by atoms with Crippen molar-refractivity contribution < 1.29 is 27.5 Å². The number of nitrogens with zero attached hydrogens (tertiary/aromatic N) is 1. The smallest absolute Gasteiger partial charge is 0.420 e. The van der Waals surface area contributed by atoms with Crippen LogP contribution in [-0.4, -0.2) is 25.3 Å². The predicted molar refractivity (Wildman–Crippen MR) is 91.0 cm³/mol. The number of nitrogens with one attached hydrogen (secondary N) is 1. The minimum Gasteiger partial charge on any atom is -0.488 e. The number of amides is 2. The van der Waals surface area contributed by atoms with Crippen molar-refractivity contribution in [3.05, 3.63) is 58.6 Å². The van der Waals surface area contributed by atoms with Gasteiger partial charge in [0.05, 0.1) is 12.7 Å². The third-order valence-electron chi connectivity index (χ3n) is 3.40. The van der Waals surface area contributed by atoms with Crippen LogP contribution in [0.25, 0.3) is 0 Å². The van der Waals surface area contributed by atoms with Crippen LogP contribution in [0.4, 0.5) is 23.7 Å². The molecule has 2 rings (SSSR count). The highest BCUT2D eigenvalue weighted by Gasteiger charge is 2.35. The Labute approximate surface area is 153 Å². The molecule has 140 valence electrons. The highest BCUT2D eigenvalue weighted by molar-refractivity contribution is 6.30. The second kappa shape index (κ2) is 8.29. The first-order valence-electron chi connectivity index (χ1n) is 7.38. The molecule has 2 aromatic carbocycles. The van der Waals surface area contributed by atoms with Crippen LogP contribution in [0, 0.1) is 0 Å². The fourth-order valence-corrected chi connectivity index (χ4v) is 2.11. The summed E-state index contributed by atoms with van der Waals surface area (Å²) < 4.78 is 45.3. The fraction of sp³-hybridized carbons (Fsp3) is 0.235. The Balaban J connectivity index is 2.20. The molecule has 0 saturated carbocycles.